The number of hydrogen-bond acceptors (Lipinski definition) is 4. The van der Waals surface area contributed by atoms with Crippen molar-refractivity contribution in [2.75, 3.05) is 24.5 Å². The zero-order valence-electron chi connectivity index (χ0n) is 15.5. The minimum Gasteiger partial charge on any atom is -0.356 e. The van der Waals surface area contributed by atoms with E-state index in [4.69, 9.17) is 0 Å². The van der Waals surface area contributed by atoms with Crippen molar-refractivity contribution in [3.63, 3.8) is 0 Å². The van der Waals surface area contributed by atoms with Crippen molar-refractivity contribution in [3.05, 3.63) is 53.3 Å². The summed E-state index contributed by atoms with van der Waals surface area (Å²) in [6.07, 6.45) is 3.25. The standard InChI is InChI=1S/C21H23N5O/c1-14-20-16(15-6-2-3-7-17(15)22-20)10-13-26(14)21(27)18-8-9-19(24-23-18)25-11-4-5-12-25/h2-3,6-9,14,22H,4-5,10-13H2,1H3. The number of carbonyl (C=O) groups is 1. The van der Waals surface area contributed by atoms with E-state index in [0.29, 0.717) is 12.2 Å². The van der Waals surface area contributed by atoms with Gasteiger partial charge in [-0.2, -0.15) is 0 Å². The molecule has 2 aliphatic rings. The second-order valence-corrected chi connectivity index (χ2v) is 7.46. The van der Waals surface area contributed by atoms with Crippen LogP contribution in [0.4, 0.5) is 5.82 Å². The first-order valence-corrected chi connectivity index (χ1v) is 9.71. The maximum absolute atomic E-state index is 13.1. The number of anilines is 1. The Balaban J connectivity index is 1.40. The van der Waals surface area contributed by atoms with E-state index < -0.39 is 0 Å². The molecule has 1 N–H and O–H groups in total. The summed E-state index contributed by atoms with van der Waals surface area (Å²) < 4.78 is 0. The van der Waals surface area contributed by atoms with Crippen molar-refractivity contribution in [1.29, 1.82) is 0 Å². The van der Waals surface area contributed by atoms with E-state index in [2.05, 4.69) is 45.2 Å². The Hall–Kier alpha value is -2.89. The molecular weight excluding hydrogens is 338 g/mol. The lowest BCUT2D eigenvalue weighted by Crippen LogP contribution is -2.39. The van der Waals surface area contributed by atoms with Crippen molar-refractivity contribution < 1.29 is 4.79 Å². The van der Waals surface area contributed by atoms with Gasteiger partial charge in [-0.25, -0.2) is 0 Å². The van der Waals surface area contributed by atoms with E-state index in [0.717, 1.165) is 36.5 Å². The molecule has 1 saturated heterocycles. The van der Waals surface area contributed by atoms with Crippen LogP contribution in [-0.4, -0.2) is 45.6 Å². The van der Waals surface area contributed by atoms with Crippen LogP contribution in [0.5, 0.6) is 0 Å². The van der Waals surface area contributed by atoms with Gasteiger partial charge in [0, 0.05) is 36.2 Å². The van der Waals surface area contributed by atoms with Crippen LogP contribution in [0.2, 0.25) is 0 Å². The smallest absolute Gasteiger partial charge is 0.274 e. The third-order valence-corrected chi connectivity index (χ3v) is 5.90. The predicted molar refractivity (Wildman–Crippen MR) is 105 cm³/mol. The molecule has 1 unspecified atom stereocenters. The number of para-hydroxylation sites is 1. The minimum absolute atomic E-state index is 0.00583. The van der Waals surface area contributed by atoms with Crippen LogP contribution in [0.25, 0.3) is 10.9 Å². The number of carbonyl (C=O) groups excluding carboxylic acids is 1. The maximum atomic E-state index is 13.1. The Labute approximate surface area is 158 Å². The fourth-order valence-corrected chi connectivity index (χ4v) is 4.41. The molecule has 1 atom stereocenters. The molecule has 0 spiro atoms. The molecule has 6 nitrogen and oxygen atoms in total. The molecule has 0 saturated carbocycles. The highest BCUT2D eigenvalue weighted by Gasteiger charge is 2.31. The van der Waals surface area contributed by atoms with Gasteiger partial charge in [0.2, 0.25) is 0 Å². The van der Waals surface area contributed by atoms with E-state index in [1.54, 1.807) is 0 Å². The highest BCUT2D eigenvalue weighted by Crippen LogP contribution is 2.34. The Morgan fingerprint density at radius 3 is 2.67 bits per heavy atom. The Morgan fingerprint density at radius 2 is 1.89 bits per heavy atom. The number of fused-ring (bicyclic) bond motifs is 3. The van der Waals surface area contributed by atoms with Crippen LogP contribution in [0.1, 0.15) is 47.6 Å². The van der Waals surface area contributed by atoms with Crippen molar-refractivity contribution in [2.45, 2.75) is 32.2 Å². The molecular formula is C21H23N5O. The molecule has 1 amide bonds. The summed E-state index contributed by atoms with van der Waals surface area (Å²) >= 11 is 0. The van der Waals surface area contributed by atoms with Gasteiger partial charge in [-0.3, -0.25) is 4.79 Å². The van der Waals surface area contributed by atoms with Gasteiger partial charge in [-0.05, 0) is 49.9 Å². The number of aromatic amines is 1. The highest BCUT2D eigenvalue weighted by atomic mass is 16.2. The van der Waals surface area contributed by atoms with Crippen LogP contribution in [0.15, 0.2) is 36.4 Å². The fraction of sp³-hybridized carbons (Fsp3) is 0.381. The van der Waals surface area contributed by atoms with E-state index in [1.807, 2.05) is 23.1 Å². The minimum atomic E-state index is -0.0488. The average molecular weight is 361 g/mol. The number of aromatic nitrogens is 3. The van der Waals surface area contributed by atoms with E-state index in [1.165, 1.54) is 23.8 Å². The lowest BCUT2D eigenvalue weighted by atomic mass is 9.98. The fourth-order valence-electron chi connectivity index (χ4n) is 4.41. The number of amides is 1. The Kier molecular flexibility index (Phi) is 3.85. The monoisotopic (exact) mass is 361 g/mol. The zero-order chi connectivity index (χ0) is 18.4. The number of H-pyrrole nitrogens is 1. The van der Waals surface area contributed by atoms with Crippen molar-refractivity contribution in [2.24, 2.45) is 0 Å². The molecule has 2 aromatic heterocycles. The largest absolute Gasteiger partial charge is 0.356 e. The molecule has 4 heterocycles. The third kappa shape index (κ3) is 2.67. The summed E-state index contributed by atoms with van der Waals surface area (Å²) in [5, 5.41) is 9.80. The van der Waals surface area contributed by atoms with Crippen LogP contribution >= 0.6 is 0 Å². The van der Waals surface area contributed by atoms with E-state index in [9.17, 15) is 4.79 Å². The molecule has 0 bridgehead atoms. The van der Waals surface area contributed by atoms with Crippen LogP contribution in [0.3, 0.4) is 0 Å². The SMILES string of the molecule is CC1c2[nH]c3ccccc3c2CCN1C(=O)c1ccc(N2CCCC2)nn1. The lowest BCUT2D eigenvalue weighted by molar-refractivity contribution is 0.0667. The van der Waals surface area contributed by atoms with E-state index >= 15 is 0 Å². The van der Waals surface area contributed by atoms with Gasteiger partial charge in [-0.1, -0.05) is 18.2 Å². The summed E-state index contributed by atoms with van der Waals surface area (Å²) in [5.41, 5.74) is 4.03. The first-order chi connectivity index (χ1) is 13.2. The van der Waals surface area contributed by atoms with Gasteiger partial charge in [0.1, 0.15) is 0 Å². The second kappa shape index (κ2) is 6.37. The summed E-state index contributed by atoms with van der Waals surface area (Å²) in [7, 11) is 0. The van der Waals surface area contributed by atoms with Crippen molar-refractivity contribution in [1.82, 2.24) is 20.1 Å². The molecule has 1 aromatic carbocycles. The molecule has 27 heavy (non-hydrogen) atoms. The number of nitrogens with zero attached hydrogens (tertiary/aromatic N) is 4. The first kappa shape index (κ1) is 16.3. The molecule has 1 fully saturated rings. The van der Waals surface area contributed by atoms with Gasteiger partial charge in [0.15, 0.2) is 11.5 Å². The Morgan fingerprint density at radius 1 is 1.07 bits per heavy atom. The number of nitrogens with one attached hydrogen (secondary N) is 1. The van der Waals surface area contributed by atoms with Crippen LogP contribution in [0, 0.1) is 0 Å². The quantitative estimate of drug-likeness (QED) is 0.760. The molecule has 3 aromatic rings. The summed E-state index contributed by atoms with van der Waals surface area (Å²) in [4.78, 5) is 20.7. The van der Waals surface area contributed by atoms with Crippen LogP contribution in [-0.2, 0) is 6.42 Å². The topological polar surface area (TPSA) is 65.1 Å². The Bertz CT molecular complexity index is 987. The molecule has 6 heteroatoms. The lowest BCUT2D eigenvalue weighted by Gasteiger charge is -2.33. The predicted octanol–water partition coefficient (Wildman–Crippen LogP) is 3.32. The summed E-state index contributed by atoms with van der Waals surface area (Å²) in [6, 6.07) is 12.1. The van der Waals surface area contributed by atoms with Gasteiger partial charge < -0.3 is 14.8 Å². The van der Waals surface area contributed by atoms with E-state index in [-0.39, 0.29) is 11.9 Å². The maximum Gasteiger partial charge on any atom is 0.274 e. The normalized spacial score (nSPS) is 19.5. The first-order valence-electron chi connectivity index (χ1n) is 9.71. The third-order valence-electron chi connectivity index (χ3n) is 5.90. The van der Waals surface area contributed by atoms with Gasteiger partial charge in [0.05, 0.1) is 6.04 Å². The molecule has 0 radical (unpaired) electrons. The van der Waals surface area contributed by atoms with Crippen molar-refractivity contribution >= 4 is 22.6 Å². The number of benzene rings is 1. The van der Waals surface area contributed by atoms with Crippen molar-refractivity contribution in [3.8, 4) is 0 Å². The van der Waals surface area contributed by atoms with Crippen LogP contribution < -0.4 is 4.90 Å². The average Bonchev–Trinajstić information content (AvgIpc) is 3.36. The summed E-state index contributed by atoms with van der Waals surface area (Å²) in [5.74, 6) is 0.820. The molecule has 138 valence electrons. The molecule has 0 aliphatic carbocycles. The summed E-state index contributed by atoms with van der Waals surface area (Å²) in [6.45, 7) is 4.82. The second-order valence-electron chi connectivity index (χ2n) is 7.46. The van der Waals surface area contributed by atoms with Gasteiger partial charge >= 0.3 is 0 Å². The molecule has 2 aliphatic heterocycles. The van der Waals surface area contributed by atoms with Gasteiger partial charge in [0.25, 0.3) is 5.91 Å². The number of rotatable bonds is 2. The molecule has 5 rings (SSSR count). The highest BCUT2D eigenvalue weighted by molar-refractivity contribution is 5.93. The van der Waals surface area contributed by atoms with Gasteiger partial charge in [-0.15, -0.1) is 10.2 Å². The zero-order valence-corrected chi connectivity index (χ0v) is 15.5. The number of hydrogen-bond donors (Lipinski definition) is 1.